The molecule has 5 heteroatoms. The number of amides is 1. The zero-order valence-corrected chi connectivity index (χ0v) is 6.32. The number of phenolic OH excluding ortho intramolecular Hbond substituents is 1. The molecule has 0 aliphatic heterocycles. The Morgan fingerprint density at radius 1 is 1.33 bits per heavy atom. The van der Waals surface area contributed by atoms with Gasteiger partial charge in [0, 0.05) is 6.07 Å². The average Bonchev–Trinajstić information content (AvgIpc) is 1.85. The van der Waals surface area contributed by atoms with Gasteiger partial charge in [0.05, 0.1) is 5.56 Å². The van der Waals surface area contributed by atoms with Crippen LogP contribution in [0.15, 0.2) is 18.2 Å². The Kier molecular flexibility index (Phi) is 3.06. The third-order valence-corrected chi connectivity index (χ3v) is 1.25. The predicted octanol–water partition coefficient (Wildman–Crippen LogP) is 0.359. The van der Waals surface area contributed by atoms with Gasteiger partial charge < -0.3 is 22.1 Å². The molecule has 0 radical (unpaired) electrons. The second-order valence-corrected chi connectivity index (χ2v) is 2.07. The Labute approximate surface area is 69.0 Å². The quantitative estimate of drug-likeness (QED) is 0.486. The van der Waals surface area contributed by atoms with Gasteiger partial charge in [-0.2, -0.15) is 0 Å². The predicted molar refractivity (Wildman–Crippen MR) is 43.3 cm³/mol. The van der Waals surface area contributed by atoms with Gasteiger partial charge in [0.1, 0.15) is 11.5 Å². The van der Waals surface area contributed by atoms with Crippen molar-refractivity contribution in [3.63, 3.8) is 0 Å². The fourth-order valence-electron chi connectivity index (χ4n) is 0.728. The van der Waals surface area contributed by atoms with E-state index in [1.165, 1.54) is 12.1 Å². The van der Waals surface area contributed by atoms with E-state index in [2.05, 4.69) is 0 Å². The molecular weight excluding hydrogens is 160 g/mol. The van der Waals surface area contributed by atoms with Crippen LogP contribution in [0.5, 0.6) is 11.5 Å². The van der Waals surface area contributed by atoms with Crippen LogP contribution in [0.1, 0.15) is 10.4 Å². The minimum atomic E-state index is -0.720. The third kappa shape index (κ3) is 1.86. The minimum absolute atomic E-state index is 0. The van der Waals surface area contributed by atoms with Crippen molar-refractivity contribution in [2.45, 2.75) is 0 Å². The number of rotatable bonds is 1. The normalized spacial score (nSPS) is 8.67. The maximum absolute atomic E-state index is 10.5. The second-order valence-electron chi connectivity index (χ2n) is 2.07. The fraction of sp³-hybridized carbons (Fsp3) is 0. The summed E-state index contributed by atoms with van der Waals surface area (Å²) >= 11 is 0. The van der Waals surface area contributed by atoms with Crippen molar-refractivity contribution in [3.05, 3.63) is 23.8 Å². The Hall–Kier alpha value is -1.75. The van der Waals surface area contributed by atoms with E-state index in [-0.39, 0.29) is 23.2 Å². The first-order valence-corrected chi connectivity index (χ1v) is 2.93. The molecule has 0 aliphatic carbocycles. The van der Waals surface area contributed by atoms with Crippen molar-refractivity contribution in [2.24, 2.45) is 5.73 Å². The van der Waals surface area contributed by atoms with Crippen molar-refractivity contribution in [3.8, 4) is 11.5 Å². The van der Waals surface area contributed by atoms with Crippen molar-refractivity contribution in [2.75, 3.05) is 0 Å². The van der Waals surface area contributed by atoms with E-state index in [0.717, 1.165) is 6.07 Å². The first-order valence-electron chi connectivity index (χ1n) is 2.93. The number of benzene rings is 1. The van der Waals surface area contributed by atoms with Crippen LogP contribution < -0.4 is 11.9 Å². The van der Waals surface area contributed by atoms with Crippen LogP contribution in [0.4, 0.5) is 0 Å². The molecule has 12 heavy (non-hydrogen) atoms. The lowest BCUT2D eigenvalue weighted by atomic mass is 10.2. The molecule has 0 aliphatic rings. The highest BCUT2D eigenvalue weighted by Gasteiger charge is 2.06. The highest BCUT2D eigenvalue weighted by molar-refractivity contribution is 5.95. The van der Waals surface area contributed by atoms with Crippen molar-refractivity contribution in [1.82, 2.24) is 6.15 Å². The molecule has 0 saturated heterocycles. The zero-order chi connectivity index (χ0) is 8.43. The van der Waals surface area contributed by atoms with E-state index >= 15 is 0 Å². The van der Waals surface area contributed by atoms with Crippen molar-refractivity contribution >= 4 is 5.91 Å². The van der Waals surface area contributed by atoms with Gasteiger partial charge in [0.15, 0.2) is 0 Å². The van der Waals surface area contributed by atoms with Crippen LogP contribution >= 0.6 is 0 Å². The first-order chi connectivity index (χ1) is 5.11. The molecule has 1 aromatic carbocycles. The lowest BCUT2D eigenvalue weighted by Crippen LogP contribution is -2.10. The van der Waals surface area contributed by atoms with Crippen LogP contribution in [-0.2, 0) is 0 Å². The van der Waals surface area contributed by atoms with E-state index in [1.807, 2.05) is 0 Å². The van der Waals surface area contributed by atoms with Gasteiger partial charge in [-0.1, -0.05) is 0 Å². The molecule has 5 nitrogen and oxygen atoms in total. The van der Waals surface area contributed by atoms with Gasteiger partial charge >= 0.3 is 0 Å². The molecule has 1 amide bonds. The summed E-state index contributed by atoms with van der Waals surface area (Å²) < 4.78 is 0. The van der Waals surface area contributed by atoms with Gasteiger partial charge in [-0.3, -0.25) is 4.79 Å². The third-order valence-electron chi connectivity index (χ3n) is 1.25. The van der Waals surface area contributed by atoms with Crippen molar-refractivity contribution in [1.29, 1.82) is 0 Å². The Morgan fingerprint density at radius 2 is 1.92 bits per heavy atom. The van der Waals surface area contributed by atoms with Crippen LogP contribution in [0.3, 0.4) is 0 Å². The number of carbonyl (C=O) groups is 1. The minimum Gasteiger partial charge on any atom is -0.508 e. The van der Waals surface area contributed by atoms with E-state index < -0.39 is 5.91 Å². The van der Waals surface area contributed by atoms with Gasteiger partial charge in [-0.25, -0.2) is 0 Å². The fourth-order valence-corrected chi connectivity index (χ4v) is 0.728. The molecule has 0 spiro atoms. The lowest BCUT2D eigenvalue weighted by Gasteiger charge is -1.98. The molecule has 0 heterocycles. The van der Waals surface area contributed by atoms with E-state index in [4.69, 9.17) is 15.9 Å². The molecule has 0 atom stereocenters. The molecule has 0 aromatic heterocycles. The second kappa shape index (κ2) is 3.59. The summed E-state index contributed by atoms with van der Waals surface area (Å²) in [6.07, 6.45) is 0. The zero-order valence-electron chi connectivity index (χ0n) is 6.32. The number of phenols is 2. The molecule has 0 fully saturated rings. The van der Waals surface area contributed by atoms with Crippen LogP contribution in [-0.4, -0.2) is 16.1 Å². The van der Waals surface area contributed by atoms with Crippen LogP contribution in [0, 0.1) is 0 Å². The standard InChI is InChI=1S/C7H7NO3.H3N/c8-7(11)5-2-1-4(9)3-6(5)10;/h1-3,9-10H,(H2,8,11);1H3. The Balaban J connectivity index is 0.00000121. The average molecular weight is 170 g/mol. The summed E-state index contributed by atoms with van der Waals surface area (Å²) in [6, 6.07) is 3.59. The summed E-state index contributed by atoms with van der Waals surface area (Å²) in [5.74, 6) is -1.13. The summed E-state index contributed by atoms with van der Waals surface area (Å²) in [7, 11) is 0. The number of aromatic hydroxyl groups is 2. The SMILES string of the molecule is N.NC(=O)c1ccc(O)cc1O. The largest absolute Gasteiger partial charge is 0.508 e. The molecule has 1 rings (SSSR count). The highest BCUT2D eigenvalue weighted by Crippen LogP contribution is 2.21. The highest BCUT2D eigenvalue weighted by atomic mass is 16.3. The maximum Gasteiger partial charge on any atom is 0.252 e. The summed E-state index contributed by atoms with van der Waals surface area (Å²) in [5.41, 5.74) is 4.89. The van der Waals surface area contributed by atoms with Crippen LogP contribution in [0.2, 0.25) is 0 Å². The number of hydrogen-bond donors (Lipinski definition) is 4. The molecule has 0 bridgehead atoms. The molecule has 1 aromatic rings. The molecule has 7 N–H and O–H groups in total. The van der Waals surface area contributed by atoms with Gasteiger partial charge in [-0.05, 0) is 12.1 Å². The first kappa shape index (κ1) is 10.2. The van der Waals surface area contributed by atoms with E-state index in [0.29, 0.717) is 0 Å². The molecule has 0 saturated carbocycles. The van der Waals surface area contributed by atoms with Gasteiger partial charge in [0.2, 0.25) is 0 Å². The Morgan fingerprint density at radius 3 is 2.33 bits per heavy atom. The molecule has 0 unspecified atom stereocenters. The monoisotopic (exact) mass is 170 g/mol. The summed E-state index contributed by atoms with van der Waals surface area (Å²) in [4.78, 5) is 10.5. The van der Waals surface area contributed by atoms with Gasteiger partial charge in [0.25, 0.3) is 5.91 Å². The van der Waals surface area contributed by atoms with E-state index in [1.54, 1.807) is 0 Å². The number of primary amides is 1. The summed E-state index contributed by atoms with van der Waals surface area (Å²) in [6.45, 7) is 0. The summed E-state index contributed by atoms with van der Waals surface area (Å²) in [5, 5.41) is 17.8. The van der Waals surface area contributed by atoms with Crippen molar-refractivity contribution < 1.29 is 15.0 Å². The number of carbonyl (C=O) groups excluding carboxylic acids is 1. The topological polar surface area (TPSA) is 119 Å². The van der Waals surface area contributed by atoms with E-state index in [9.17, 15) is 4.79 Å². The lowest BCUT2D eigenvalue weighted by molar-refractivity contribution is 0.0998. The number of nitrogens with two attached hydrogens (primary N) is 1. The maximum atomic E-state index is 10.5. The smallest absolute Gasteiger partial charge is 0.252 e. The van der Waals surface area contributed by atoms with Crippen LogP contribution in [0.25, 0.3) is 0 Å². The molecular formula is C7H10N2O3. The molecule has 66 valence electrons. The Bertz CT molecular complexity index is 299. The van der Waals surface area contributed by atoms with Gasteiger partial charge in [-0.15, -0.1) is 0 Å². The number of hydrogen-bond acceptors (Lipinski definition) is 4.